The second-order valence-electron chi connectivity index (χ2n) is 6.60. The second kappa shape index (κ2) is 5.95. The lowest BCUT2D eigenvalue weighted by molar-refractivity contribution is -0.0881. The third kappa shape index (κ3) is 2.62. The summed E-state index contributed by atoms with van der Waals surface area (Å²) in [6.07, 6.45) is 4.69. The number of amides is 1. The Morgan fingerprint density at radius 2 is 2.09 bits per heavy atom. The number of hydrogen-bond donors (Lipinski definition) is 2. The number of phenolic OH excluding ortho intramolecular Hbond substituents is 1. The molecule has 1 saturated carbocycles. The van der Waals surface area contributed by atoms with Crippen LogP contribution in [-0.2, 0) is 24.0 Å². The highest BCUT2D eigenvalue weighted by atomic mass is 16.6. The van der Waals surface area contributed by atoms with Crippen LogP contribution in [-0.4, -0.2) is 23.4 Å². The van der Waals surface area contributed by atoms with Crippen LogP contribution in [0.2, 0.25) is 0 Å². The molecule has 0 saturated heterocycles. The molecule has 1 fully saturated rings. The fourth-order valence-corrected chi connectivity index (χ4v) is 4.02. The molecule has 3 N–H and O–H groups in total. The molecule has 0 aromatic heterocycles. The summed E-state index contributed by atoms with van der Waals surface area (Å²) in [5.74, 6) is 1.37. The zero-order valence-electron chi connectivity index (χ0n) is 13.9. The van der Waals surface area contributed by atoms with E-state index in [1.165, 1.54) is 0 Å². The Labute approximate surface area is 136 Å². The van der Waals surface area contributed by atoms with Gasteiger partial charge in [0.2, 0.25) is 0 Å². The van der Waals surface area contributed by atoms with Crippen LogP contribution in [0.15, 0.2) is 6.07 Å². The fraction of sp³-hybridized carbons (Fsp3) is 0.611. The Hall–Kier alpha value is -1.91. The molecule has 1 aromatic carbocycles. The van der Waals surface area contributed by atoms with Crippen molar-refractivity contribution in [3.63, 3.8) is 0 Å². The van der Waals surface area contributed by atoms with Gasteiger partial charge in [0.1, 0.15) is 23.7 Å². The van der Waals surface area contributed by atoms with Gasteiger partial charge in [-0.1, -0.05) is 13.8 Å². The normalized spacial score (nSPS) is 21.2. The number of ether oxygens (including phenoxy) is 2. The third-order valence-electron chi connectivity index (χ3n) is 5.40. The quantitative estimate of drug-likeness (QED) is 0.893. The minimum atomic E-state index is -0.747. The van der Waals surface area contributed by atoms with Crippen molar-refractivity contribution in [3.8, 4) is 11.5 Å². The summed E-state index contributed by atoms with van der Waals surface area (Å²) in [5.41, 5.74) is 7.98. The molecule has 0 radical (unpaired) electrons. The number of hydrogen-bond acceptors (Lipinski definition) is 4. The molecule has 126 valence electrons. The number of fused-ring (bicyclic) bond motifs is 1. The van der Waals surface area contributed by atoms with Crippen molar-refractivity contribution in [1.82, 2.24) is 0 Å². The average Bonchev–Trinajstić information content (AvgIpc) is 2.48. The van der Waals surface area contributed by atoms with Gasteiger partial charge >= 0.3 is 6.09 Å². The number of primary amides is 1. The Balaban J connectivity index is 1.98. The molecule has 1 amide bonds. The summed E-state index contributed by atoms with van der Waals surface area (Å²) in [6.45, 7) is 4.41. The van der Waals surface area contributed by atoms with Gasteiger partial charge in [0.25, 0.3) is 0 Å². The van der Waals surface area contributed by atoms with Gasteiger partial charge in [0.15, 0.2) is 0 Å². The first-order chi connectivity index (χ1) is 11.0. The van der Waals surface area contributed by atoms with Crippen LogP contribution in [0.25, 0.3) is 0 Å². The largest absolute Gasteiger partial charge is 0.508 e. The number of aromatic hydroxyl groups is 1. The van der Waals surface area contributed by atoms with Crippen LogP contribution < -0.4 is 10.5 Å². The van der Waals surface area contributed by atoms with Crippen molar-refractivity contribution < 1.29 is 19.4 Å². The van der Waals surface area contributed by atoms with E-state index in [4.69, 9.17) is 15.2 Å². The van der Waals surface area contributed by atoms with Gasteiger partial charge in [0.05, 0.1) is 0 Å². The van der Waals surface area contributed by atoms with Crippen molar-refractivity contribution in [1.29, 1.82) is 0 Å². The van der Waals surface area contributed by atoms with Gasteiger partial charge < -0.3 is 20.3 Å². The topological polar surface area (TPSA) is 81.8 Å². The van der Waals surface area contributed by atoms with E-state index in [-0.39, 0.29) is 18.1 Å². The lowest BCUT2D eigenvalue weighted by atomic mass is 9.67. The van der Waals surface area contributed by atoms with E-state index < -0.39 is 6.09 Å². The van der Waals surface area contributed by atoms with Crippen molar-refractivity contribution in [2.45, 2.75) is 58.0 Å². The molecular formula is C18H25NO4. The molecule has 5 nitrogen and oxygen atoms in total. The molecule has 1 aliphatic heterocycles. The molecule has 3 rings (SSSR count). The van der Waals surface area contributed by atoms with Crippen molar-refractivity contribution in [2.75, 3.05) is 6.61 Å². The molecule has 1 spiro atoms. The monoisotopic (exact) mass is 319 g/mol. The maximum atomic E-state index is 11.0. The van der Waals surface area contributed by atoms with Gasteiger partial charge in [-0.25, -0.2) is 4.79 Å². The van der Waals surface area contributed by atoms with E-state index in [1.807, 2.05) is 13.0 Å². The molecule has 2 aliphatic rings. The second-order valence-corrected chi connectivity index (χ2v) is 6.60. The van der Waals surface area contributed by atoms with Gasteiger partial charge in [-0.05, 0) is 50.2 Å². The summed E-state index contributed by atoms with van der Waals surface area (Å²) in [4.78, 5) is 11.0. The van der Waals surface area contributed by atoms with Crippen LogP contribution >= 0.6 is 0 Å². The molecule has 1 aliphatic carbocycles. The average molecular weight is 319 g/mol. The van der Waals surface area contributed by atoms with Gasteiger partial charge in [-0.2, -0.15) is 0 Å². The molecular weight excluding hydrogens is 294 g/mol. The Kier molecular flexibility index (Phi) is 4.13. The predicted molar refractivity (Wildman–Crippen MR) is 86.8 cm³/mol. The number of nitrogens with two attached hydrogens (primary N) is 1. The van der Waals surface area contributed by atoms with E-state index in [1.54, 1.807) is 0 Å². The highest BCUT2D eigenvalue weighted by Crippen LogP contribution is 2.51. The summed E-state index contributed by atoms with van der Waals surface area (Å²) in [6, 6.07) is 1.82. The first-order valence-electron chi connectivity index (χ1n) is 8.48. The molecule has 0 bridgehead atoms. The highest BCUT2D eigenvalue weighted by molar-refractivity contribution is 5.64. The number of benzene rings is 1. The van der Waals surface area contributed by atoms with E-state index in [9.17, 15) is 9.90 Å². The van der Waals surface area contributed by atoms with Crippen LogP contribution in [0.1, 0.15) is 49.8 Å². The zero-order valence-corrected chi connectivity index (χ0v) is 13.9. The summed E-state index contributed by atoms with van der Waals surface area (Å²) < 4.78 is 11.5. The van der Waals surface area contributed by atoms with Crippen LogP contribution in [0.4, 0.5) is 4.79 Å². The van der Waals surface area contributed by atoms with Crippen LogP contribution in [0.3, 0.4) is 0 Å². The third-order valence-corrected chi connectivity index (χ3v) is 5.40. The van der Waals surface area contributed by atoms with E-state index in [0.29, 0.717) is 5.75 Å². The molecule has 1 atom stereocenters. The lowest BCUT2D eigenvalue weighted by Gasteiger charge is -2.51. The molecule has 5 heteroatoms. The van der Waals surface area contributed by atoms with Crippen LogP contribution in [0, 0.1) is 5.92 Å². The Morgan fingerprint density at radius 3 is 2.61 bits per heavy atom. The zero-order chi connectivity index (χ0) is 16.6. The molecule has 1 unspecified atom stereocenters. The molecule has 1 aromatic rings. The number of phenols is 1. The van der Waals surface area contributed by atoms with Crippen molar-refractivity contribution >= 4 is 6.09 Å². The number of carbonyl (C=O) groups excluding carboxylic acids is 1. The highest BCUT2D eigenvalue weighted by Gasteiger charge is 2.50. The molecule has 1 heterocycles. The van der Waals surface area contributed by atoms with Gasteiger partial charge in [-0.15, -0.1) is 0 Å². The van der Waals surface area contributed by atoms with E-state index in [0.717, 1.165) is 61.0 Å². The maximum Gasteiger partial charge on any atom is 0.404 e. The first kappa shape index (κ1) is 16.0. The Bertz CT molecular complexity index is 622. The fourth-order valence-electron chi connectivity index (χ4n) is 4.02. The SMILES string of the molecule is CCc1c(O)cc2c(c1CC)OC1(CCC1)C(COC(N)=O)C2. The standard InChI is InChI=1S/C18H25NO4/c1-3-13-14(4-2)16-11(9-15(13)20)8-12(10-22-17(19)21)18(23-16)6-5-7-18/h9,12,20H,3-8,10H2,1-2H3,(H2,19,21). The minimum Gasteiger partial charge on any atom is -0.508 e. The number of rotatable bonds is 4. The van der Waals surface area contributed by atoms with Crippen molar-refractivity contribution in [2.24, 2.45) is 11.7 Å². The number of carbonyl (C=O) groups is 1. The summed E-state index contributed by atoms with van der Waals surface area (Å²) in [5, 5.41) is 10.3. The smallest absolute Gasteiger partial charge is 0.404 e. The van der Waals surface area contributed by atoms with E-state index in [2.05, 4.69) is 6.92 Å². The van der Waals surface area contributed by atoms with Crippen LogP contribution in [0.5, 0.6) is 11.5 Å². The predicted octanol–water partition coefficient (Wildman–Crippen LogP) is 3.09. The van der Waals surface area contributed by atoms with E-state index >= 15 is 0 Å². The summed E-state index contributed by atoms with van der Waals surface area (Å²) >= 11 is 0. The summed E-state index contributed by atoms with van der Waals surface area (Å²) in [7, 11) is 0. The van der Waals surface area contributed by atoms with Gasteiger partial charge in [-0.3, -0.25) is 0 Å². The minimum absolute atomic E-state index is 0.0906. The Morgan fingerprint density at radius 1 is 1.39 bits per heavy atom. The lowest BCUT2D eigenvalue weighted by Crippen LogP contribution is -2.54. The first-order valence-corrected chi connectivity index (χ1v) is 8.48. The maximum absolute atomic E-state index is 11.0. The molecule has 23 heavy (non-hydrogen) atoms. The van der Waals surface area contributed by atoms with Gasteiger partial charge in [0, 0.05) is 17.0 Å². The van der Waals surface area contributed by atoms with Crippen molar-refractivity contribution in [3.05, 3.63) is 22.8 Å².